The second kappa shape index (κ2) is 4.41. The molecule has 0 saturated carbocycles. The first-order valence-corrected chi connectivity index (χ1v) is 5.31. The maximum atomic E-state index is 11.3. The van der Waals surface area contributed by atoms with Gasteiger partial charge in [-0.2, -0.15) is 0 Å². The van der Waals surface area contributed by atoms with Crippen LogP contribution in [-0.2, 0) is 0 Å². The SMILES string of the molecule is NC(=O)c1ccccc1-c1ccc(S)cc1. The third-order valence-electron chi connectivity index (χ3n) is 2.37. The minimum absolute atomic E-state index is 0.412. The molecule has 0 aliphatic heterocycles. The molecule has 3 heteroatoms. The highest BCUT2D eigenvalue weighted by molar-refractivity contribution is 7.80. The fourth-order valence-corrected chi connectivity index (χ4v) is 1.74. The standard InChI is InChI=1S/C13H11NOS/c14-13(15)12-4-2-1-3-11(12)9-5-7-10(16)8-6-9/h1-8,16H,(H2,14,15). The zero-order chi connectivity index (χ0) is 11.5. The molecule has 0 aliphatic rings. The topological polar surface area (TPSA) is 43.1 Å². The monoisotopic (exact) mass is 229 g/mol. The summed E-state index contributed by atoms with van der Waals surface area (Å²) in [6.07, 6.45) is 0. The molecule has 0 spiro atoms. The van der Waals surface area contributed by atoms with Crippen molar-refractivity contribution in [3.8, 4) is 11.1 Å². The molecular weight excluding hydrogens is 218 g/mol. The van der Waals surface area contributed by atoms with E-state index in [4.69, 9.17) is 5.73 Å². The normalized spacial score (nSPS) is 10.1. The maximum absolute atomic E-state index is 11.3. The Balaban J connectivity index is 2.55. The van der Waals surface area contributed by atoms with Gasteiger partial charge in [-0.05, 0) is 29.3 Å². The smallest absolute Gasteiger partial charge is 0.249 e. The lowest BCUT2D eigenvalue weighted by Crippen LogP contribution is -2.12. The van der Waals surface area contributed by atoms with Crippen LogP contribution in [0.15, 0.2) is 53.4 Å². The molecule has 2 aromatic rings. The van der Waals surface area contributed by atoms with Gasteiger partial charge in [0.15, 0.2) is 0 Å². The van der Waals surface area contributed by atoms with E-state index in [9.17, 15) is 4.79 Å². The molecule has 1 amide bonds. The van der Waals surface area contributed by atoms with Crippen molar-refractivity contribution in [1.82, 2.24) is 0 Å². The van der Waals surface area contributed by atoms with Crippen molar-refractivity contribution in [2.45, 2.75) is 4.90 Å². The molecule has 0 bridgehead atoms. The van der Waals surface area contributed by atoms with E-state index >= 15 is 0 Å². The highest BCUT2D eigenvalue weighted by atomic mass is 32.1. The van der Waals surface area contributed by atoms with Gasteiger partial charge in [0.05, 0.1) is 0 Å². The Morgan fingerprint density at radius 1 is 1.00 bits per heavy atom. The zero-order valence-electron chi connectivity index (χ0n) is 8.55. The van der Waals surface area contributed by atoms with Crippen LogP contribution in [0.2, 0.25) is 0 Å². The maximum Gasteiger partial charge on any atom is 0.249 e. The molecular formula is C13H11NOS. The van der Waals surface area contributed by atoms with Crippen molar-refractivity contribution in [2.75, 3.05) is 0 Å². The van der Waals surface area contributed by atoms with E-state index < -0.39 is 5.91 Å². The van der Waals surface area contributed by atoms with Gasteiger partial charge in [-0.15, -0.1) is 12.6 Å². The van der Waals surface area contributed by atoms with E-state index in [0.29, 0.717) is 5.56 Å². The highest BCUT2D eigenvalue weighted by Gasteiger charge is 2.08. The summed E-state index contributed by atoms with van der Waals surface area (Å²) in [6, 6.07) is 14.9. The summed E-state index contributed by atoms with van der Waals surface area (Å²) in [5.74, 6) is -0.412. The number of benzene rings is 2. The summed E-state index contributed by atoms with van der Waals surface area (Å²) in [7, 11) is 0. The van der Waals surface area contributed by atoms with Gasteiger partial charge in [-0.3, -0.25) is 4.79 Å². The van der Waals surface area contributed by atoms with Crippen molar-refractivity contribution < 1.29 is 4.79 Å². The molecule has 0 aliphatic carbocycles. The summed E-state index contributed by atoms with van der Waals surface area (Å²) >= 11 is 4.22. The summed E-state index contributed by atoms with van der Waals surface area (Å²) in [4.78, 5) is 12.2. The number of nitrogens with two attached hydrogens (primary N) is 1. The first kappa shape index (κ1) is 10.8. The number of hydrogen-bond donors (Lipinski definition) is 2. The Hall–Kier alpha value is -1.74. The molecule has 0 atom stereocenters. The predicted octanol–water partition coefficient (Wildman–Crippen LogP) is 2.74. The van der Waals surface area contributed by atoms with E-state index in [0.717, 1.165) is 16.0 Å². The summed E-state index contributed by atoms with van der Waals surface area (Å²) in [5, 5.41) is 0. The van der Waals surface area contributed by atoms with Crippen molar-refractivity contribution in [3.05, 3.63) is 54.1 Å². The third kappa shape index (κ3) is 2.09. The van der Waals surface area contributed by atoms with Crippen LogP contribution in [0.25, 0.3) is 11.1 Å². The zero-order valence-corrected chi connectivity index (χ0v) is 9.45. The molecule has 16 heavy (non-hydrogen) atoms. The molecule has 0 aromatic heterocycles. The number of hydrogen-bond acceptors (Lipinski definition) is 2. The van der Waals surface area contributed by atoms with Crippen molar-refractivity contribution >= 4 is 18.5 Å². The van der Waals surface area contributed by atoms with Gasteiger partial charge in [-0.1, -0.05) is 30.3 Å². The van der Waals surface area contributed by atoms with Crippen LogP contribution in [0.4, 0.5) is 0 Å². The number of primary amides is 1. The minimum Gasteiger partial charge on any atom is -0.366 e. The molecule has 0 unspecified atom stereocenters. The van der Waals surface area contributed by atoms with Crippen LogP contribution in [-0.4, -0.2) is 5.91 Å². The Bertz CT molecular complexity index is 520. The highest BCUT2D eigenvalue weighted by Crippen LogP contribution is 2.24. The van der Waals surface area contributed by atoms with E-state index in [-0.39, 0.29) is 0 Å². The van der Waals surface area contributed by atoms with Crippen molar-refractivity contribution in [2.24, 2.45) is 5.73 Å². The predicted molar refractivity (Wildman–Crippen MR) is 67.6 cm³/mol. The van der Waals surface area contributed by atoms with Crippen LogP contribution in [0.3, 0.4) is 0 Å². The van der Waals surface area contributed by atoms with Gasteiger partial charge >= 0.3 is 0 Å². The number of carbonyl (C=O) groups excluding carboxylic acids is 1. The quantitative estimate of drug-likeness (QED) is 0.764. The lowest BCUT2D eigenvalue weighted by molar-refractivity contribution is 0.100. The molecule has 0 fully saturated rings. The summed E-state index contributed by atoms with van der Waals surface area (Å²) in [6.45, 7) is 0. The molecule has 2 rings (SSSR count). The molecule has 0 radical (unpaired) electrons. The molecule has 2 nitrogen and oxygen atoms in total. The van der Waals surface area contributed by atoms with E-state index in [2.05, 4.69) is 12.6 Å². The molecule has 0 heterocycles. The lowest BCUT2D eigenvalue weighted by atomic mass is 9.99. The Morgan fingerprint density at radius 2 is 1.62 bits per heavy atom. The Labute approximate surface area is 99.5 Å². The van der Waals surface area contributed by atoms with E-state index in [1.807, 2.05) is 36.4 Å². The second-order valence-corrected chi connectivity index (χ2v) is 3.97. The van der Waals surface area contributed by atoms with E-state index in [1.165, 1.54) is 0 Å². The van der Waals surface area contributed by atoms with Gasteiger partial charge < -0.3 is 5.73 Å². The van der Waals surface area contributed by atoms with E-state index in [1.54, 1.807) is 12.1 Å². The molecule has 2 N–H and O–H groups in total. The first-order valence-electron chi connectivity index (χ1n) is 4.87. The van der Waals surface area contributed by atoms with Crippen LogP contribution >= 0.6 is 12.6 Å². The molecule has 2 aromatic carbocycles. The van der Waals surface area contributed by atoms with Crippen molar-refractivity contribution in [3.63, 3.8) is 0 Å². The largest absolute Gasteiger partial charge is 0.366 e. The van der Waals surface area contributed by atoms with Gasteiger partial charge in [0, 0.05) is 10.5 Å². The van der Waals surface area contributed by atoms with Gasteiger partial charge in [0.1, 0.15) is 0 Å². The molecule has 0 saturated heterocycles. The Morgan fingerprint density at radius 3 is 2.25 bits per heavy atom. The van der Waals surface area contributed by atoms with Crippen LogP contribution in [0, 0.1) is 0 Å². The lowest BCUT2D eigenvalue weighted by Gasteiger charge is -2.06. The summed E-state index contributed by atoms with van der Waals surface area (Å²) in [5.41, 5.74) is 7.68. The average Bonchev–Trinajstić information content (AvgIpc) is 2.30. The van der Waals surface area contributed by atoms with Gasteiger partial charge in [-0.25, -0.2) is 0 Å². The summed E-state index contributed by atoms with van der Waals surface area (Å²) < 4.78 is 0. The fourth-order valence-electron chi connectivity index (χ4n) is 1.59. The number of amides is 1. The number of rotatable bonds is 2. The number of carbonyl (C=O) groups is 1. The average molecular weight is 229 g/mol. The van der Waals surface area contributed by atoms with Crippen LogP contribution in [0.1, 0.15) is 10.4 Å². The van der Waals surface area contributed by atoms with Crippen LogP contribution in [0.5, 0.6) is 0 Å². The van der Waals surface area contributed by atoms with Crippen molar-refractivity contribution in [1.29, 1.82) is 0 Å². The minimum atomic E-state index is -0.412. The molecule has 80 valence electrons. The second-order valence-electron chi connectivity index (χ2n) is 3.46. The first-order chi connectivity index (χ1) is 7.68. The van der Waals surface area contributed by atoms with Crippen LogP contribution < -0.4 is 5.73 Å². The third-order valence-corrected chi connectivity index (χ3v) is 2.67. The fraction of sp³-hybridized carbons (Fsp3) is 0. The van der Waals surface area contributed by atoms with Gasteiger partial charge in [0.25, 0.3) is 0 Å². The Kier molecular flexibility index (Phi) is 2.97. The number of thiol groups is 1. The van der Waals surface area contributed by atoms with Gasteiger partial charge in [0.2, 0.25) is 5.91 Å².